The molecule has 20 heavy (non-hydrogen) atoms. The second-order valence-corrected chi connectivity index (χ2v) is 6.29. The normalized spacial score (nSPS) is 14.4. The van der Waals surface area contributed by atoms with Gasteiger partial charge in [-0.2, -0.15) is 0 Å². The summed E-state index contributed by atoms with van der Waals surface area (Å²) >= 11 is 6.05. The number of carbonyl (C=O) groups excluding carboxylic acids is 1. The number of hydrogen-bond donors (Lipinski definition) is 1. The monoisotopic (exact) mass is 298 g/mol. The molecule has 0 aliphatic carbocycles. The molecule has 1 rings (SSSR count). The number of hydrogen-bond acceptors (Lipinski definition) is 3. The Balaban J connectivity index is 3.09. The highest BCUT2D eigenvalue weighted by atomic mass is 35.5. The molecule has 0 aliphatic rings. The molecule has 0 unspecified atom stereocenters. The Kier molecular flexibility index (Phi) is 4.81. The molecule has 0 bridgehead atoms. The molecule has 1 aromatic rings. The number of esters is 1. The Morgan fingerprint density at radius 1 is 1.20 bits per heavy atom. The Bertz CT molecular complexity index is 519. The third kappa shape index (κ3) is 3.97. The van der Waals surface area contributed by atoms with Gasteiger partial charge in [-0.3, -0.25) is 9.59 Å². The van der Waals surface area contributed by atoms with E-state index < -0.39 is 23.0 Å². The summed E-state index contributed by atoms with van der Waals surface area (Å²) in [5, 5.41) is 9.81. The van der Waals surface area contributed by atoms with Crippen LogP contribution in [0.2, 0.25) is 5.02 Å². The van der Waals surface area contributed by atoms with Crippen LogP contribution in [-0.2, 0) is 19.7 Å². The number of benzene rings is 1. The molecule has 0 aliphatic heterocycles. The quantitative estimate of drug-likeness (QED) is 0.865. The first-order valence-corrected chi connectivity index (χ1v) is 6.64. The van der Waals surface area contributed by atoms with Crippen LogP contribution in [0.25, 0.3) is 0 Å². The molecule has 1 aromatic carbocycles. The molecular weight excluding hydrogens is 280 g/mol. The van der Waals surface area contributed by atoms with Crippen molar-refractivity contribution in [3.8, 4) is 0 Å². The van der Waals surface area contributed by atoms with Crippen molar-refractivity contribution in [1.29, 1.82) is 0 Å². The molecule has 0 aromatic heterocycles. The van der Waals surface area contributed by atoms with Crippen LogP contribution >= 0.6 is 11.6 Å². The van der Waals surface area contributed by atoms with E-state index in [-0.39, 0.29) is 6.42 Å². The summed E-state index contributed by atoms with van der Waals surface area (Å²) in [5.74, 6) is -1.68. The van der Waals surface area contributed by atoms with E-state index >= 15 is 0 Å². The van der Waals surface area contributed by atoms with Crippen molar-refractivity contribution < 1.29 is 19.4 Å². The van der Waals surface area contributed by atoms with Crippen LogP contribution in [0.1, 0.15) is 39.7 Å². The maximum atomic E-state index is 11.9. The minimum absolute atomic E-state index is 0.274. The lowest BCUT2D eigenvalue weighted by molar-refractivity contribution is -0.160. The lowest BCUT2D eigenvalue weighted by atomic mass is 9.79. The van der Waals surface area contributed by atoms with Gasteiger partial charge in [-0.05, 0) is 39.3 Å². The summed E-state index contributed by atoms with van der Waals surface area (Å²) in [4.78, 5) is 23.5. The zero-order valence-corrected chi connectivity index (χ0v) is 12.8. The first kappa shape index (κ1) is 16.5. The minimum atomic E-state index is -1.42. The van der Waals surface area contributed by atoms with Crippen molar-refractivity contribution in [1.82, 2.24) is 0 Å². The first-order valence-electron chi connectivity index (χ1n) is 6.26. The predicted octanol–water partition coefficient (Wildman–Crippen LogP) is 3.41. The van der Waals surface area contributed by atoms with E-state index in [9.17, 15) is 14.7 Å². The van der Waals surface area contributed by atoms with Gasteiger partial charge in [0.2, 0.25) is 0 Å². The average Bonchev–Trinajstić information content (AvgIpc) is 2.26. The van der Waals surface area contributed by atoms with Gasteiger partial charge in [-0.1, -0.05) is 29.8 Å². The van der Waals surface area contributed by atoms with E-state index in [0.29, 0.717) is 10.6 Å². The molecule has 1 atom stereocenters. The van der Waals surface area contributed by atoms with Gasteiger partial charge in [0.05, 0.1) is 6.42 Å². The Labute approximate surface area is 123 Å². The van der Waals surface area contributed by atoms with Crippen LogP contribution < -0.4 is 0 Å². The Hall–Kier alpha value is -1.55. The zero-order chi connectivity index (χ0) is 15.6. The summed E-state index contributed by atoms with van der Waals surface area (Å²) in [6.45, 7) is 6.68. The minimum Gasteiger partial charge on any atom is -0.481 e. The van der Waals surface area contributed by atoms with Crippen LogP contribution in [0.4, 0.5) is 0 Å². The van der Waals surface area contributed by atoms with Crippen molar-refractivity contribution >= 4 is 23.5 Å². The smallest absolute Gasteiger partial charge is 0.314 e. The van der Waals surface area contributed by atoms with Gasteiger partial charge in [0.1, 0.15) is 11.0 Å². The molecule has 5 heteroatoms. The second-order valence-electron chi connectivity index (χ2n) is 5.88. The molecule has 0 saturated carbocycles. The lowest BCUT2D eigenvalue weighted by Gasteiger charge is -2.27. The number of ether oxygens (including phenoxy) is 1. The fourth-order valence-electron chi connectivity index (χ4n) is 1.86. The molecule has 110 valence electrons. The molecule has 4 nitrogen and oxygen atoms in total. The number of carboxylic acid groups (broad SMARTS) is 1. The van der Waals surface area contributed by atoms with Gasteiger partial charge in [-0.25, -0.2) is 0 Å². The van der Waals surface area contributed by atoms with Gasteiger partial charge >= 0.3 is 11.9 Å². The summed E-state index contributed by atoms with van der Waals surface area (Å²) in [6.07, 6.45) is -0.274. The highest BCUT2D eigenvalue weighted by Crippen LogP contribution is 2.34. The summed E-state index contributed by atoms with van der Waals surface area (Å²) in [6, 6.07) is 6.62. The van der Waals surface area contributed by atoms with Gasteiger partial charge in [0, 0.05) is 5.02 Å². The van der Waals surface area contributed by atoms with Crippen molar-refractivity contribution in [3.05, 3.63) is 34.9 Å². The molecule has 0 saturated heterocycles. The molecule has 0 heterocycles. The van der Waals surface area contributed by atoms with E-state index in [1.165, 1.54) is 6.92 Å². The highest BCUT2D eigenvalue weighted by molar-refractivity contribution is 6.31. The van der Waals surface area contributed by atoms with Crippen molar-refractivity contribution in [2.45, 2.75) is 45.1 Å². The molecule has 0 radical (unpaired) electrons. The van der Waals surface area contributed by atoms with E-state index in [2.05, 4.69) is 0 Å². The third-order valence-electron chi connectivity index (χ3n) is 2.86. The molecule has 0 amide bonds. The fraction of sp³-hybridized carbons (Fsp3) is 0.467. The maximum Gasteiger partial charge on any atom is 0.314 e. The number of rotatable bonds is 4. The van der Waals surface area contributed by atoms with Gasteiger partial charge in [0.25, 0.3) is 0 Å². The van der Waals surface area contributed by atoms with Gasteiger partial charge in [0.15, 0.2) is 0 Å². The van der Waals surface area contributed by atoms with Crippen molar-refractivity contribution in [2.75, 3.05) is 0 Å². The number of aliphatic carboxylic acids is 1. The van der Waals surface area contributed by atoms with Crippen LogP contribution in [0.5, 0.6) is 0 Å². The van der Waals surface area contributed by atoms with E-state index in [1.807, 2.05) is 0 Å². The maximum absolute atomic E-state index is 11.9. The van der Waals surface area contributed by atoms with Crippen molar-refractivity contribution in [3.63, 3.8) is 0 Å². The number of carbonyl (C=O) groups is 2. The number of carboxylic acids is 1. The zero-order valence-electron chi connectivity index (χ0n) is 12.1. The Morgan fingerprint density at radius 3 is 2.20 bits per heavy atom. The Morgan fingerprint density at radius 2 is 1.75 bits per heavy atom. The predicted molar refractivity (Wildman–Crippen MR) is 76.9 cm³/mol. The molecule has 0 spiro atoms. The van der Waals surface area contributed by atoms with Crippen LogP contribution in [0.3, 0.4) is 0 Å². The summed E-state index contributed by atoms with van der Waals surface area (Å²) in [7, 11) is 0. The molecule has 0 fully saturated rings. The van der Waals surface area contributed by atoms with Crippen LogP contribution in [-0.4, -0.2) is 22.6 Å². The van der Waals surface area contributed by atoms with Gasteiger partial charge < -0.3 is 9.84 Å². The fourth-order valence-corrected chi connectivity index (χ4v) is 2.21. The van der Waals surface area contributed by atoms with Crippen molar-refractivity contribution in [2.24, 2.45) is 0 Å². The third-order valence-corrected chi connectivity index (χ3v) is 3.19. The lowest BCUT2D eigenvalue weighted by Crippen LogP contribution is -2.37. The number of halogens is 1. The standard InChI is InChI=1S/C15H19ClO4/c1-14(2,3)20-12(17)9-15(4,13(18)19)10-7-5-6-8-11(10)16/h5-8H,9H2,1-4H3,(H,18,19)/t15-/m1/s1. The summed E-state index contributed by atoms with van der Waals surface area (Å²) < 4.78 is 5.20. The highest BCUT2D eigenvalue weighted by Gasteiger charge is 2.40. The van der Waals surface area contributed by atoms with Gasteiger partial charge in [-0.15, -0.1) is 0 Å². The van der Waals surface area contributed by atoms with E-state index in [0.717, 1.165) is 0 Å². The average molecular weight is 299 g/mol. The largest absolute Gasteiger partial charge is 0.481 e. The van der Waals surface area contributed by atoms with Crippen LogP contribution in [0, 0.1) is 0 Å². The SMILES string of the molecule is CC(C)(C)OC(=O)C[C@@](C)(C(=O)O)c1ccccc1Cl. The van der Waals surface area contributed by atoms with E-state index in [1.54, 1.807) is 45.0 Å². The molecule has 1 N–H and O–H groups in total. The second kappa shape index (κ2) is 5.83. The topological polar surface area (TPSA) is 63.6 Å². The molecular formula is C15H19ClO4. The van der Waals surface area contributed by atoms with Crippen LogP contribution in [0.15, 0.2) is 24.3 Å². The van der Waals surface area contributed by atoms with E-state index in [4.69, 9.17) is 16.3 Å². The first-order chi connectivity index (χ1) is 9.06. The summed E-state index contributed by atoms with van der Waals surface area (Å²) in [5.41, 5.74) is -1.67.